The van der Waals surface area contributed by atoms with E-state index in [0.29, 0.717) is 11.3 Å². The summed E-state index contributed by atoms with van der Waals surface area (Å²) in [5.41, 5.74) is 2.15. The Kier molecular flexibility index (Phi) is 4.72. The second-order valence-corrected chi connectivity index (χ2v) is 4.57. The van der Waals surface area contributed by atoms with Gasteiger partial charge in [-0.3, -0.25) is 0 Å². The summed E-state index contributed by atoms with van der Waals surface area (Å²) >= 11 is 0. The van der Waals surface area contributed by atoms with E-state index >= 15 is 0 Å². The first-order valence-electron chi connectivity index (χ1n) is 6.44. The number of rotatable bonds is 5. The van der Waals surface area contributed by atoms with E-state index < -0.39 is 5.97 Å². The van der Waals surface area contributed by atoms with E-state index in [-0.39, 0.29) is 12.4 Å². The third-order valence-corrected chi connectivity index (χ3v) is 2.98. The van der Waals surface area contributed by atoms with Gasteiger partial charge in [-0.05, 0) is 47.9 Å². The fourth-order valence-electron chi connectivity index (χ4n) is 1.86. The molecule has 0 saturated carbocycles. The number of hydrogen-bond acceptors (Lipinski definition) is 2. The van der Waals surface area contributed by atoms with Crippen molar-refractivity contribution in [3.05, 3.63) is 71.0 Å². The zero-order chi connectivity index (χ0) is 15.2. The van der Waals surface area contributed by atoms with Gasteiger partial charge in [0.2, 0.25) is 0 Å². The fourth-order valence-corrected chi connectivity index (χ4v) is 1.86. The van der Waals surface area contributed by atoms with E-state index in [9.17, 15) is 9.18 Å². The van der Waals surface area contributed by atoms with Crippen molar-refractivity contribution in [2.24, 2.45) is 0 Å². The molecule has 0 bridgehead atoms. The lowest BCUT2D eigenvalue weighted by Crippen LogP contribution is -1.98. The van der Waals surface area contributed by atoms with Gasteiger partial charge in [-0.2, -0.15) is 0 Å². The highest BCUT2D eigenvalue weighted by molar-refractivity contribution is 5.85. The Balaban J connectivity index is 2.12. The second kappa shape index (κ2) is 6.70. The van der Waals surface area contributed by atoms with Crippen molar-refractivity contribution >= 4 is 12.0 Å². The van der Waals surface area contributed by atoms with Crippen LogP contribution in [0.25, 0.3) is 6.08 Å². The first-order valence-corrected chi connectivity index (χ1v) is 6.44. The van der Waals surface area contributed by atoms with Crippen LogP contribution in [0.15, 0.2) is 48.5 Å². The Hall–Kier alpha value is -2.62. The van der Waals surface area contributed by atoms with E-state index in [0.717, 1.165) is 17.2 Å². The quantitative estimate of drug-likeness (QED) is 0.850. The summed E-state index contributed by atoms with van der Waals surface area (Å²) < 4.78 is 18.8. The zero-order valence-electron chi connectivity index (χ0n) is 11.5. The minimum absolute atomic E-state index is 0.271. The number of carboxylic acids is 1. The maximum absolute atomic E-state index is 13.2. The molecule has 0 atom stereocenters. The molecule has 0 aliphatic heterocycles. The first-order chi connectivity index (χ1) is 10.1. The van der Waals surface area contributed by atoms with Crippen molar-refractivity contribution in [3.8, 4) is 5.75 Å². The second-order valence-electron chi connectivity index (χ2n) is 4.57. The number of halogens is 1. The van der Waals surface area contributed by atoms with E-state index in [1.165, 1.54) is 12.1 Å². The van der Waals surface area contributed by atoms with Crippen LogP contribution in [0.4, 0.5) is 4.39 Å². The van der Waals surface area contributed by atoms with Gasteiger partial charge in [0.15, 0.2) is 0 Å². The van der Waals surface area contributed by atoms with Crippen LogP contribution in [0.2, 0.25) is 0 Å². The highest BCUT2D eigenvalue weighted by atomic mass is 19.1. The van der Waals surface area contributed by atoms with Crippen LogP contribution in [0.1, 0.15) is 16.7 Å². The predicted octanol–water partition coefficient (Wildman–Crippen LogP) is 3.81. The van der Waals surface area contributed by atoms with E-state index in [1.54, 1.807) is 19.1 Å². The third-order valence-electron chi connectivity index (χ3n) is 2.98. The molecule has 2 rings (SSSR count). The number of aryl methyl sites for hydroxylation is 1. The number of ether oxygens (including phenoxy) is 1. The molecule has 0 aliphatic rings. The summed E-state index contributed by atoms with van der Waals surface area (Å²) in [4.78, 5) is 10.6. The minimum Gasteiger partial charge on any atom is -0.489 e. The van der Waals surface area contributed by atoms with Gasteiger partial charge in [-0.1, -0.05) is 24.3 Å². The Labute approximate surface area is 122 Å². The lowest BCUT2D eigenvalue weighted by atomic mass is 10.1. The summed E-state index contributed by atoms with van der Waals surface area (Å²) in [5.74, 6) is -0.696. The third kappa shape index (κ3) is 4.18. The predicted molar refractivity (Wildman–Crippen MR) is 78.6 cm³/mol. The standard InChI is InChI=1S/C17H15FO3/c1-12-10-15(7-8-16(12)18)21-11-14-5-3-2-4-13(14)6-9-17(19)20/h2-10H,11H2,1H3,(H,19,20)/b9-6+. The molecule has 0 spiro atoms. The highest BCUT2D eigenvalue weighted by Gasteiger charge is 2.03. The molecule has 0 aromatic heterocycles. The van der Waals surface area contributed by atoms with Crippen LogP contribution in [-0.2, 0) is 11.4 Å². The lowest BCUT2D eigenvalue weighted by molar-refractivity contribution is -0.131. The Bertz CT molecular complexity index is 677. The Morgan fingerprint density at radius 1 is 1.29 bits per heavy atom. The average molecular weight is 286 g/mol. The topological polar surface area (TPSA) is 46.5 Å². The van der Waals surface area contributed by atoms with Gasteiger partial charge in [0, 0.05) is 6.08 Å². The number of carboxylic acid groups (broad SMARTS) is 1. The monoisotopic (exact) mass is 286 g/mol. The molecule has 1 N–H and O–H groups in total. The Morgan fingerprint density at radius 2 is 2.05 bits per heavy atom. The molecule has 0 aliphatic carbocycles. The van der Waals surface area contributed by atoms with Gasteiger partial charge >= 0.3 is 5.97 Å². The molecule has 2 aromatic carbocycles. The summed E-state index contributed by atoms with van der Waals surface area (Å²) in [6.45, 7) is 1.96. The molecule has 108 valence electrons. The maximum atomic E-state index is 13.2. The maximum Gasteiger partial charge on any atom is 0.328 e. The van der Waals surface area contributed by atoms with Gasteiger partial charge < -0.3 is 9.84 Å². The lowest BCUT2D eigenvalue weighted by Gasteiger charge is -2.09. The summed E-state index contributed by atoms with van der Waals surface area (Å²) in [6, 6.07) is 11.9. The van der Waals surface area contributed by atoms with Crippen LogP contribution in [0, 0.1) is 12.7 Å². The number of hydrogen-bond donors (Lipinski definition) is 1. The van der Waals surface area contributed by atoms with Crippen molar-refractivity contribution in [3.63, 3.8) is 0 Å². The molecule has 0 unspecified atom stereocenters. The molecule has 0 fully saturated rings. The molecule has 2 aromatic rings. The highest BCUT2D eigenvalue weighted by Crippen LogP contribution is 2.19. The zero-order valence-corrected chi connectivity index (χ0v) is 11.5. The van der Waals surface area contributed by atoms with Gasteiger partial charge in [-0.25, -0.2) is 9.18 Å². The summed E-state index contributed by atoms with van der Waals surface area (Å²) in [7, 11) is 0. The number of aliphatic carboxylic acids is 1. The molecular weight excluding hydrogens is 271 g/mol. The molecule has 4 heteroatoms. The van der Waals surface area contributed by atoms with Crippen LogP contribution in [-0.4, -0.2) is 11.1 Å². The fraction of sp³-hybridized carbons (Fsp3) is 0.118. The van der Waals surface area contributed by atoms with Crippen molar-refractivity contribution in [1.82, 2.24) is 0 Å². The van der Waals surface area contributed by atoms with E-state index in [1.807, 2.05) is 24.3 Å². The van der Waals surface area contributed by atoms with Crippen molar-refractivity contribution in [2.75, 3.05) is 0 Å². The van der Waals surface area contributed by atoms with Gasteiger partial charge in [0.25, 0.3) is 0 Å². The summed E-state index contributed by atoms with van der Waals surface area (Å²) in [6.07, 6.45) is 2.61. The normalized spacial score (nSPS) is 10.8. The van der Waals surface area contributed by atoms with Crippen LogP contribution >= 0.6 is 0 Å². The molecule has 21 heavy (non-hydrogen) atoms. The molecule has 0 amide bonds. The number of carbonyl (C=O) groups is 1. The van der Waals surface area contributed by atoms with Crippen LogP contribution < -0.4 is 4.74 Å². The van der Waals surface area contributed by atoms with Crippen molar-refractivity contribution in [1.29, 1.82) is 0 Å². The Morgan fingerprint density at radius 3 is 2.76 bits per heavy atom. The van der Waals surface area contributed by atoms with Crippen molar-refractivity contribution < 1.29 is 19.0 Å². The van der Waals surface area contributed by atoms with Crippen LogP contribution in [0.5, 0.6) is 5.75 Å². The van der Waals surface area contributed by atoms with Crippen molar-refractivity contribution in [2.45, 2.75) is 13.5 Å². The SMILES string of the molecule is Cc1cc(OCc2ccccc2/C=C/C(=O)O)ccc1F. The first kappa shape index (κ1) is 14.8. The molecule has 3 nitrogen and oxygen atoms in total. The molecule has 0 radical (unpaired) electrons. The molecular formula is C17H15FO3. The smallest absolute Gasteiger partial charge is 0.328 e. The minimum atomic E-state index is -1.00. The van der Waals surface area contributed by atoms with Gasteiger partial charge in [0.05, 0.1) is 0 Å². The van der Waals surface area contributed by atoms with Gasteiger partial charge in [-0.15, -0.1) is 0 Å². The molecule has 0 heterocycles. The number of benzene rings is 2. The summed E-state index contributed by atoms with van der Waals surface area (Å²) in [5, 5.41) is 8.68. The largest absolute Gasteiger partial charge is 0.489 e. The van der Waals surface area contributed by atoms with Crippen LogP contribution in [0.3, 0.4) is 0 Å². The van der Waals surface area contributed by atoms with E-state index in [2.05, 4.69) is 0 Å². The van der Waals surface area contributed by atoms with E-state index in [4.69, 9.17) is 9.84 Å². The molecule has 0 saturated heterocycles. The van der Waals surface area contributed by atoms with Gasteiger partial charge in [0.1, 0.15) is 18.2 Å². The average Bonchev–Trinajstić information content (AvgIpc) is 2.47.